The lowest BCUT2D eigenvalue weighted by atomic mass is 10.1. The van der Waals surface area contributed by atoms with Gasteiger partial charge in [-0.1, -0.05) is 42.3 Å². The van der Waals surface area contributed by atoms with E-state index in [-0.39, 0.29) is 5.91 Å². The summed E-state index contributed by atoms with van der Waals surface area (Å²) in [4.78, 5) is 12.8. The maximum atomic E-state index is 12.8. The van der Waals surface area contributed by atoms with E-state index >= 15 is 0 Å². The number of anilines is 1. The lowest BCUT2D eigenvalue weighted by Gasteiger charge is -2.10. The van der Waals surface area contributed by atoms with Crippen molar-refractivity contribution >= 4 is 23.2 Å². The molecule has 0 fully saturated rings. The number of benzene rings is 2. The lowest BCUT2D eigenvalue weighted by Crippen LogP contribution is -2.16. The van der Waals surface area contributed by atoms with Gasteiger partial charge in [-0.05, 0) is 61.7 Å². The Hall–Kier alpha value is -2.66. The summed E-state index contributed by atoms with van der Waals surface area (Å²) in [5.41, 5.74) is 4.85. The third kappa shape index (κ3) is 3.78. The van der Waals surface area contributed by atoms with E-state index in [1.54, 1.807) is 16.8 Å². The fourth-order valence-electron chi connectivity index (χ4n) is 2.78. The average molecular weight is 369 g/mol. The summed E-state index contributed by atoms with van der Waals surface area (Å²) in [6, 6.07) is 13.3. The Labute approximate surface area is 158 Å². The standard InChI is InChI=1S/C20H21ClN4O/c1-4-5-18-19(20(26)22-17-12-13(2)6-7-14(17)3)23-24-25(18)16-10-8-15(21)9-11-16/h6-12H,4-5H2,1-3H3,(H,22,26). The van der Waals surface area contributed by atoms with E-state index in [1.807, 2.05) is 44.2 Å². The van der Waals surface area contributed by atoms with Gasteiger partial charge in [0.2, 0.25) is 0 Å². The molecule has 0 aliphatic carbocycles. The zero-order valence-electron chi connectivity index (χ0n) is 15.1. The third-order valence-corrected chi connectivity index (χ3v) is 4.43. The van der Waals surface area contributed by atoms with Gasteiger partial charge < -0.3 is 5.32 Å². The number of aromatic nitrogens is 3. The molecule has 0 bridgehead atoms. The molecule has 0 aliphatic heterocycles. The number of halogens is 1. The first-order valence-electron chi connectivity index (χ1n) is 8.58. The van der Waals surface area contributed by atoms with Gasteiger partial charge in [-0.25, -0.2) is 4.68 Å². The van der Waals surface area contributed by atoms with E-state index in [4.69, 9.17) is 11.6 Å². The molecule has 1 amide bonds. The fraction of sp³-hybridized carbons (Fsp3) is 0.250. The second kappa shape index (κ2) is 7.70. The lowest BCUT2D eigenvalue weighted by molar-refractivity contribution is 0.102. The molecule has 6 heteroatoms. The van der Waals surface area contributed by atoms with Crippen molar-refractivity contribution in [2.75, 3.05) is 5.32 Å². The molecule has 3 rings (SSSR count). The van der Waals surface area contributed by atoms with Crippen molar-refractivity contribution in [1.82, 2.24) is 15.0 Å². The molecule has 0 atom stereocenters. The smallest absolute Gasteiger partial charge is 0.278 e. The van der Waals surface area contributed by atoms with Gasteiger partial charge >= 0.3 is 0 Å². The molecular formula is C20H21ClN4O. The molecule has 0 aliphatic rings. The first kappa shape index (κ1) is 18.1. The van der Waals surface area contributed by atoms with Gasteiger partial charge in [0.1, 0.15) is 0 Å². The van der Waals surface area contributed by atoms with Crippen LogP contribution < -0.4 is 5.32 Å². The molecular weight excluding hydrogens is 348 g/mol. The number of hydrogen-bond donors (Lipinski definition) is 1. The minimum atomic E-state index is -0.248. The molecule has 26 heavy (non-hydrogen) atoms. The number of hydrogen-bond acceptors (Lipinski definition) is 3. The van der Waals surface area contributed by atoms with Crippen LogP contribution in [0.3, 0.4) is 0 Å². The maximum Gasteiger partial charge on any atom is 0.278 e. The normalized spacial score (nSPS) is 10.8. The second-order valence-corrected chi connectivity index (χ2v) is 6.73. The summed E-state index contributed by atoms with van der Waals surface area (Å²) < 4.78 is 1.71. The van der Waals surface area contributed by atoms with Crippen LogP contribution in [0.4, 0.5) is 5.69 Å². The monoisotopic (exact) mass is 368 g/mol. The summed E-state index contributed by atoms with van der Waals surface area (Å²) >= 11 is 5.96. The summed E-state index contributed by atoms with van der Waals surface area (Å²) in [7, 11) is 0. The van der Waals surface area contributed by atoms with Gasteiger partial charge in [0.15, 0.2) is 5.69 Å². The number of carbonyl (C=O) groups excluding carboxylic acids is 1. The summed E-state index contributed by atoms with van der Waals surface area (Å²) in [5.74, 6) is -0.248. The van der Waals surface area contributed by atoms with Crippen LogP contribution in [0.15, 0.2) is 42.5 Å². The van der Waals surface area contributed by atoms with E-state index in [1.165, 1.54) is 0 Å². The topological polar surface area (TPSA) is 59.8 Å². The minimum absolute atomic E-state index is 0.248. The van der Waals surface area contributed by atoms with E-state index < -0.39 is 0 Å². The summed E-state index contributed by atoms with van der Waals surface area (Å²) in [6.45, 7) is 6.02. The largest absolute Gasteiger partial charge is 0.320 e. The Balaban J connectivity index is 1.95. The molecule has 0 radical (unpaired) electrons. The van der Waals surface area contributed by atoms with Crippen molar-refractivity contribution in [3.8, 4) is 5.69 Å². The Morgan fingerprint density at radius 3 is 2.58 bits per heavy atom. The fourth-order valence-corrected chi connectivity index (χ4v) is 2.91. The highest BCUT2D eigenvalue weighted by Gasteiger charge is 2.20. The number of nitrogens with one attached hydrogen (secondary N) is 1. The van der Waals surface area contributed by atoms with Gasteiger partial charge in [0, 0.05) is 10.7 Å². The van der Waals surface area contributed by atoms with E-state index in [9.17, 15) is 4.79 Å². The molecule has 2 aromatic carbocycles. The van der Waals surface area contributed by atoms with Crippen molar-refractivity contribution in [3.05, 3.63) is 70.0 Å². The Kier molecular flexibility index (Phi) is 5.38. The molecule has 0 saturated heterocycles. The molecule has 0 spiro atoms. The van der Waals surface area contributed by atoms with Crippen LogP contribution in [0.2, 0.25) is 5.02 Å². The van der Waals surface area contributed by atoms with E-state index in [2.05, 4.69) is 22.6 Å². The molecule has 1 N–H and O–H groups in total. The quantitative estimate of drug-likeness (QED) is 0.707. The first-order chi connectivity index (χ1) is 12.5. The van der Waals surface area contributed by atoms with Gasteiger partial charge in [0.05, 0.1) is 11.4 Å². The number of nitrogens with zero attached hydrogens (tertiary/aromatic N) is 3. The minimum Gasteiger partial charge on any atom is -0.320 e. The third-order valence-electron chi connectivity index (χ3n) is 4.18. The van der Waals surface area contributed by atoms with Crippen LogP contribution in [0.5, 0.6) is 0 Å². The molecule has 1 heterocycles. The maximum absolute atomic E-state index is 12.8. The van der Waals surface area contributed by atoms with Crippen LogP contribution in [0, 0.1) is 13.8 Å². The van der Waals surface area contributed by atoms with E-state index in [0.29, 0.717) is 17.1 Å². The molecule has 0 saturated carbocycles. The molecule has 134 valence electrons. The van der Waals surface area contributed by atoms with Gasteiger partial charge in [-0.3, -0.25) is 4.79 Å². The van der Waals surface area contributed by atoms with Gasteiger partial charge in [0.25, 0.3) is 5.91 Å². The van der Waals surface area contributed by atoms with Gasteiger partial charge in [-0.2, -0.15) is 0 Å². The number of rotatable bonds is 5. The second-order valence-electron chi connectivity index (χ2n) is 6.30. The highest BCUT2D eigenvalue weighted by Crippen LogP contribution is 2.20. The highest BCUT2D eigenvalue weighted by molar-refractivity contribution is 6.30. The molecule has 3 aromatic rings. The van der Waals surface area contributed by atoms with Crippen LogP contribution in [-0.2, 0) is 6.42 Å². The highest BCUT2D eigenvalue weighted by atomic mass is 35.5. The summed E-state index contributed by atoms with van der Waals surface area (Å²) in [6.07, 6.45) is 1.58. The molecule has 1 aromatic heterocycles. The Bertz CT molecular complexity index is 931. The predicted molar refractivity (Wildman–Crippen MR) is 104 cm³/mol. The Morgan fingerprint density at radius 2 is 1.88 bits per heavy atom. The summed E-state index contributed by atoms with van der Waals surface area (Å²) in [5, 5.41) is 12.0. The van der Waals surface area contributed by atoms with Crippen LogP contribution >= 0.6 is 11.6 Å². The number of aryl methyl sites for hydroxylation is 2. The van der Waals surface area contributed by atoms with E-state index in [0.717, 1.165) is 34.6 Å². The van der Waals surface area contributed by atoms with Crippen LogP contribution in [0.1, 0.15) is 40.7 Å². The predicted octanol–water partition coefficient (Wildman–Crippen LogP) is 4.74. The van der Waals surface area contributed by atoms with Gasteiger partial charge in [-0.15, -0.1) is 5.10 Å². The van der Waals surface area contributed by atoms with Crippen molar-refractivity contribution in [3.63, 3.8) is 0 Å². The Morgan fingerprint density at radius 1 is 1.15 bits per heavy atom. The first-order valence-corrected chi connectivity index (χ1v) is 8.96. The van der Waals surface area contributed by atoms with Crippen molar-refractivity contribution in [1.29, 1.82) is 0 Å². The molecule has 5 nitrogen and oxygen atoms in total. The zero-order chi connectivity index (χ0) is 18.7. The SMILES string of the molecule is CCCc1c(C(=O)Nc2cc(C)ccc2C)nnn1-c1ccc(Cl)cc1. The number of carbonyl (C=O) groups is 1. The van der Waals surface area contributed by atoms with Crippen molar-refractivity contribution < 1.29 is 4.79 Å². The van der Waals surface area contributed by atoms with Crippen molar-refractivity contribution in [2.45, 2.75) is 33.6 Å². The van der Waals surface area contributed by atoms with Crippen molar-refractivity contribution in [2.24, 2.45) is 0 Å². The van der Waals surface area contributed by atoms with Crippen LogP contribution in [-0.4, -0.2) is 20.9 Å². The average Bonchev–Trinajstić information content (AvgIpc) is 3.03. The van der Waals surface area contributed by atoms with Crippen LogP contribution in [0.25, 0.3) is 5.69 Å². The zero-order valence-corrected chi connectivity index (χ0v) is 15.8. The number of amides is 1. The molecule has 0 unspecified atom stereocenters.